The second kappa shape index (κ2) is 5.30. The van der Waals surface area contributed by atoms with E-state index in [-0.39, 0.29) is 0 Å². The van der Waals surface area contributed by atoms with E-state index in [2.05, 4.69) is 27.1 Å². The number of hydrogen-bond donors (Lipinski definition) is 1. The van der Waals surface area contributed by atoms with Crippen LogP contribution in [-0.2, 0) is 13.0 Å². The quantitative estimate of drug-likeness (QED) is 0.803. The molecule has 1 aromatic heterocycles. The number of nitrogens with one attached hydrogen (secondary N) is 1. The van der Waals surface area contributed by atoms with Gasteiger partial charge in [-0.15, -0.1) is 0 Å². The predicted octanol–water partition coefficient (Wildman–Crippen LogP) is -0.117. The fourth-order valence-corrected chi connectivity index (χ4v) is 2.62. The summed E-state index contributed by atoms with van der Waals surface area (Å²) >= 11 is 0. The molecule has 104 valence electrons. The van der Waals surface area contributed by atoms with Gasteiger partial charge < -0.3 is 19.9 Å². The lowest BCUT2D eigenvalue weighted by Crippen LogP contribution is -2.45. The number of ether oxygens (including phenoxy) is 1. The standard InChI is InChI=1S/C13H21N5O/c1-17-5-7-18(8-6-17)13-15-11-3-4-14-9-10(11)12(16-13)19-2/h14H,3-9H2,1-2H3. The van der Waals surface area contributed by atoms with Crippen LogP contribution in [-0.4, -0.2) is 61.7 Å². The van der Waals surface area contributed by atoms with Gasteiger partial charge in [0, 0.05) is 51.3 Å². The van der Waals surface area contributed by atoms with Gasteiger partial charge in [0.25, 0.3) is 0 Å². The molecule has 0 unspecified atom stereocenters. The first-order chi connectivity index (χ1) is 9.28. The Balaban J connectivity index is 1.89. The summed E-state index contributed by atoms with van der Waals surface area (Å²) < 4.78 is 5.44. The Morgan fingerprint density at radius 2 is 1.95 bits per heavy atom. The molecule has 6 nitrogen and oxygen atoms in total. The van der Waals surface area contributed by atoms with E-state index < -0.39 is 0 Å². The summed E-state index contributed by atoms with van der Waals surface area (Å²) in [5.41, 5.74) is 2.26. The van der Waals surface area contributed by atoms with Crippen molar-refractivity contribution in [2.75, 3.05) is 51.8 Å². The number of methoxy groups -OCH3 is 1. The SMILES string of the molecule is COc1nc(N2CCN(C)CC2)nc2c1CNCC2. The first kappa shape index (κ1) is 12.6. The smallest absolute Gasteiger partial charge is 0.228 e. The molecule has 0 saturated carbocycles. The van der Waals surface area contributed by atoms with Crippen LogP contribution in [0.1, 0.15) is 11.3 Å². The van der Waals surface area contributed by atoms with Crippen LogP contribution in [0.4, 0.5) is 5.95 Å². The van der Waals surface area contributed by atoms with Crippen LogP contribution >= 0.6 is 0 Å². The molecule has 19 heavy (non-hydrogen) atoms. The fourth-order valence-electron chi connectivity index (χ4n) is 2.62. The molecule has 0 aliphatic carbocycles. The maximum Gasteiger partial charge on any atom is 0.228 e. The average Bonchev–Trinajstić information content (AvgIpc) is 2.47. The lowest BCUT2D eigenvalue weighted by Gasteiger charge is -2.33. The summed E-state index contributed by atoms with van der Waals surface area (Å²) in [7, 11) is 3.84. The molecule has 0 bridgehead atoms. The normalized spacial score (nSPS) is 20.2. The van der Waals surface area contributed by atoms with Crippen molar-refractivity contribution in [3.8, 4) is 5.88 Å². The van der Waals surface area contributed by atoms with Gasteiger partial charge in [0.05, 0.1) is 12.8 Å². The number of nitrogens with zero attached hydrogens (tertiary/aromatic N) is 4. The maximum absolute atomic E-state index is 5.44. The number of hydrogen-bond acceptors (Lipinski definition) is 6. The van der Waals surface area contributed by atoms with Crippen LogP contribution in [0.15, 0.2) is 0 Å². The van der Waals surface area contributed by atoms with E-state index >= 15 is 0 Å². The van der Waals surface area contributed by atoms with Gasteiger partial charge in [0.1, 0.15) is 0 Å². The lowest BCUT2D eigenvalue weighted by atomic mass is 10.1. The van der Waals surface area contributed by atoms with Gasteiger partial charge in [-0.25, -0.2) is 4.98 Å². The molecular weight excluding hydrogens is 242 g/mol. The summed E-state index contributed by atoms with van der Waals surface area (Å²) in [4.78, 5) is 13.9. The van der Waals surface area contributed by atoms with Crippen molar-refractivity contribution in [1.29, 1.82) is 0 Å². The van der Waals surface area contributed by atoms with E-state index in [9.17, 15) is 0 Å². The van der Waals surface area contributed by atoms with Crippen molar-refractivity contribution < 1.29 is 4.74 Å². The topological polar surface area (TPSA) is 53.5 Å². The first-order valence-corrected chi connectivity index (χ1v) is 6.86. The van der Waals surface area contributed by atoms with Crippen molar-refractivity contribution in [1.82, 2.24) is 20.2 Å². The minimum atomic E-state index is 0.728. The molecule has 1 saturated heterocycles. The molecule has 2 aliphatic heterocycles. The number of fused-ring (bicyclic) bond motifs is 1. The van der Waals surface area contributed by atoms with E-state index in [1.165, 1.54) is 0 Å². The second-order valence-electron chi connectivity index (χ2n) is 5.18. The molecule has 1 fully saturated rings. The summed E-state index contributed by atoms with van der Waals surface area (Å²) in [6.45, 7) is 5.87. The van der Waals surface area contributed by atoms with Crippen LogP contribution in [0.2, 0.25) is 0 Å². The summed E-state index contributed by atoms with van der Waals surface area (Å²) in [5.74, 6) is 1.55. The molecule has 0 spiro atoms. The highest BCUT2D eigenvalue weighted by Crippen LogP contribution is 2.25. The van der Waals surface area contributed by atoms with E-state index in [0.717, 1.165) is 68.8 Å². The molecule has 1 N–H and O–H groups in total. The Labute approximate surface area is 113 Å². The zero-order valence-electron chi connectivity index (χ0n) is 11.6. The highest BCUT2D eigenvalue weighted by atomic mass is 16.5. The van der Waals surface area contributed by atoms with Crippen molar-refractivity contribution in [3.05, 3.63) is 11.3 Å². The van der Waals surface area contributed by atoms with Gasteiger partial charge in [0.2, 0.25) is 11.8 Å². The maximum atomic E-state index is 5.44. The van der Waals surface area contributed by atoms with E-state index in [1.807, 2.05) is 0 Å². The van der Waals surface area contributed by atoms with Gasteiger partial charge in [-0.05, 0) is 7.05 Å². The minimum Gasteiger partial charge on any atom is -0.481 e. The van der Waals surface area contributed by atoms with Crippen LogP contribution in [0.25, 0.3) is 0 Å². The van der Waals surface area contributed by atoms with Gasteiger partial charge in [-0.1, -0.05) is 0 Å². The number of rotatable bonds is 2. The van der Waals surface area contributed by atoms with Crippen molar-refractivity contribution in [2.45, 2.75) is 13.0 Å². The molecule has 3 heterocycles. The van der Waals surface area contributed by atoms with Gasteiger partial charge >= 0.3 is 0 Å². The zero-order chi connectivity index (χ0) is 13.2. The molecule has 1 aromatic rings. The molecular formula is C13H21N5O. The van der Waals surface area contributed by atoms with Gasteiger partial charge in [-0.2, -0.15) is 4.98 Å². The van der Waals surface area contributed by atoms with E-state index in [0.29, 0.717) is 0 Å². The van der Waals surface area contributed by atoms with Crippen LogP contribution in [0, 0.1) is 0 Å². The summed E-state index contributed by atoms with van der Waals surface area (Å²) in [6, 6.07) is 0. The monoisotopic (exact) mass is 263 g/mol. The second-order valence-corrected chi connectivity index (χ2v) is 5.18. The van der Waals surface area contributed by atoms with E-state index in [4.69, 9.17) is 9.72 Å². The highest BCUT2D eigenvalue weighted by molar-refractivity contribution is 5.41. The van der Waals surface area contributed by atoms with Crippen LogP contribution in [0.3, 0.4) is 0 Å². The number of piperazine rings is 1. The third kappa shape index (κ3) is 2.50. The Bertz CT molecular complexity index is 439. The largest absolute Gasteiger partial charge is 0.481 e. The first-order valence-electron chi connectivity index (χ1n) is 6.86. The molecule has 0 radical (unpaired) electrons. The summed E-state index contributed by atoms with van der Waals surface area (Å²) in [5, 5.41) is 3.34. The van der Waals surface area contributed by atoms with E-state index in [1.54, 1.807) is 7.11 Å². The molecule has 0 amide bonds. The number of anilines is 1. The molecule has 2 aliphatic rings. The minimum absolute atomic E-state index is 0.728. The zero-order valence-corrected chi connectivity index (χ0v) is 11.6. The molecule has 6 heteroatoms. The Morgan fingerprint density at radius 3 is 2.68 bits per heavy atom. The predicted molar refractivity (Wildman–Crippen MR) is 73.7 cm³/mol. The third-order valence-corrected chi connectivity index (χ3v) is 3.86. The van der Waals surface area contributed by atoms with Gasteiger partial charge in [0.15, 0.2) is 0 Å². The van der Waals surface area contributed by atoms with Crippen LogP contribution < -0.4 is 15.0 Å². The Hall–Kier alpha value is -1.40. The third-order valence-electron chi connectivity index (χ3n) is 3.86. The van der Waals surface area contributed by atoms with Gasteiger partial charge in [-0.3, -0.25) is 0 Å². The molecule has 0 atom stereocenters. The molecule has 3 rings (SSSR count). The van der Waals surface area contributed by atoms with Crippen LogP contribution in [0.5, 0.6) is 5.88 Å². The van der Waals surface area contributed by atoms with Crippen molar-refractivity contribution in [2.24, 2.45) is 0 Å². The van der Waals surface area contributed by atoms with Crippen molar-refractivity contribution >= 4 is 5.95 Å². The Morgan fingerprint density at radius 1 is 1.16 bits per heavy atom. The number of aromatic nitrogens is 2. The highest BCUT2D eigenvalue weighted by Gasteiger charge is 2.22. The number of likely N-dealkylation sites (N-methyl/N-ethyl adjacent to an activating group) is 1. The Kier molecular flexibility index (Phi) is 3.52. The summed E-state index contributed by atoms with van der Waals surface area (Å²) in [6.07, 6.45) is 0.953. The van der Waals surface area contributed by atoms with Crippen molar-refractivity contribution in [3.63, 3.8) is 0 Å². The lowest BCUT2D eigenvalue weighted by molar-refractivity contribution is 0.310. The average molecular weight is 263 g/mol. The fraction of sp³-hybridized carbons (Fsp3) is 0.692. The molecule has 0 aromatic carbocycles.